The third-order valence-corrected chi connectivity index (χ3v) is 3.10. The molecule has 0 aliphatic heterocycles. The number of aliphatic hydroxyl groups excluding tert-OH is 1. The Kier molecular flexibility index (Phi) is 6.53. The molecule has 4 heteroatoms. The lowest BCUT2D eigenvalue weighted by Gasteiger charge is -2.19. The van der Waals surface area contributed by atoms with E-state index in [2.05, 4.69) is 0 Å². The number of benzene rings is 1. The van der Waals surface area contributed by atoms with Gasteiger partial charge in [-0.2, -0.15) is 0 Å². The van der Waals surface area contributed by atoms with E-state index in [1.807, 2.05) is 44.2 Å². The smallest absolute Gasteiger partial charge is 0.126 e. The zero-order valence-corrected chi connectivity index (χ0v) is 11.6. The maximum absolute atomic E-state index is 11.0. The molecule has 106 valence electrons. The van der Waals surface area contributed by atoms with Gasteiger partial charge in [-0.3, -0.25) is 0 Å². The van der Waals surface area contributed by atoms with E-state index in [-0.39, 0.29) is 0 Å². The minimum atomic E-state index is -1.03. The van der Waals surface area contributed by atoms with Gasteiger partial charge in [-0.15, -0.1) is 0 Å². The first kappa shape index (κ1) is 15.7. The summed E-state index contributed by atoms with van der Waals surface area (Å²) in [5.74, 6) is -0.707. The van der Waals surface area contributed by atoms with Crippen molar-refractivity contribution in [3.8, 4) is 0 Å². The second kappa shape index (κ2) is 7.92. The van der Waals surface area contributed by atoms with Gasteiger partial charge in [0.1, 0.15) is 6.04 Å². The largest absolute Gasteiger partial charge is 0.544 e. The maximum atomic E-state index is 11.0. The van der Waals surface area contributed by atoms with Crippen molar-refractivity contribution in [2.45, 2.75) is 38.8 Å². The molecular weight excluding hydrogens is 242 g/mol. The topological polar surface area (TPSA) is 77.0 Å². The fourth-order valence-corrected chi connectivity index (χ4v) is 2.09. The minimum Gasteiger partial charge on any atom is -0.544 e. The van der Waals surface area contributed by atoms with E-state index < -0.39 is 18.1 Å². The molecule has 0 saturated heterocycles. The van der Waals surface area contributed by atoms with Gasteiger partial charge in [0.2, 0.25) is 0 Å². The van der Waals surface area contributed by atoms with Gasteiger partial charge in [0.05, 0.1) is 18.6 Å². The number of hydrogen-bond donors (Lipinski definition) is 2. The van der Waals surface area contributed by atoms with Crippen molar-refractivity contribution in [3.63, 3.8) is 0 Å². The highest BCUT2D eigenvalue weighted by Crippen LogP contribution is 2.14. The van der Waals surface area contributed by atoms with E-state index in [0.717, 1.165) is 5.56 Å². The summed E-state index contributed by atoms with van der Waals surface area (Å²) in [7, 11) is 0. The molecule has 0 spiro atoms. The Morgan fingerprint density at radius 3 is 2.47 bits per heavy atom. The van der Waals surface area contributed by atoms with Crippen molar-refractivity contribution in [1.29, 1.82) is 0 Å². The molecule has 0 aliphatic rings. The van der Waals surface area contributed by atoms with Gasteiger partial charge in [-0.25, -0.2) is 0 Å². The lowest BCUT2D eigenvalue weighted by atomic mass is 10.0. The summed E-state index contributed by atoms with van der Waals surface area (Å²) >= 11 is 0. The molecule has 0 aromatic heterocycles. The predicted molar refractivity (Wildman–Crippen MR) is 71.1 cm³/mol. The summed E-state index contributed by atoms with van der Waals surface area (Å²) in [4.78, 5) is 11.0. The lowest BCUT2D eigenvalue weighted by Crippen LogP contribution is -2.93. The average Bonchev–Trinajstić information content (AvgIpc) is 2.37. The van der Waals surface area contributed by atoms with Crippen LogP contribution in [0.1, 0.15) is 38.4 Å². The normalized spacial score (nSPS) is 14.3. The molecule has 19 heavy (non-hydrogen) atoms. The van der Waals surface area contributed by atoms with E-state index in [4.69, 9.17) is 0 Å². The summed E-state index contributed by atoms with van der Waals surface area (Å²) in [6.07, 6.45) is 0.578. The second-order valence-electron chi connectivity index (χ2n) is 5.29. The molecule has 1 aromatic rings. The highest BCUT2D eigenvalue weighted by molar-refractivity contribution is 5.69. The molecule has 4 nitrogen and oxygen atoms in total. The van der Waals surface area contributed by atoms with Crippen LogP contribution in [0.4, 0.5) is 0 Å². The number of rotatable bonds is 8. The summed E-state index contributed by atoms with van der Waals surface area (Å²) in [5, 5.41) is 22.7. The number of carbonyl (C=O) groups is 1. The fourth-order valence-electron chi connectivity index (χ4n) is 2.09. The van der Waals surface area contributed by atoms with Crippen molar-refractivity contribution >= 4 is 5.97 Å². The Balaban J connectivity index is 2.38. The van der Waals surface area contributed by atoms with E-state index >= 15 is 0 Å². The van der Waals surface area contributed by atoms with E-state index in [0.29, 0.717) is 25.3 Å². The predicted octanol–water partition coefficient (Wildman–Crippen LogP) is -0.162. The summed E-state index contributed by atoms with van der Waals surface area (Å²) < 4.78 is 0. The van der Waals surface area contributed by atoms with Crippen molar-refractivity contribution < 1.29 is 20.3 Å². The van der Waals surface area contributed by atoms with Crippen molar-refractivity contribution in [2.24, 2.45) is 5.92 Å². The number of carbonyl (C=O) groups excluding carboxylic acids is 1. The quantitative estimate of drug-likeness (QED) is 0.685. The second-order valence-corrected chi connectivity index (χ2v) is 5.29. The molecule has 3 N–H and O–H groups in total. The highest BCUT2D eigenvalue weighted by Gasteiger charge is 2.16. The van der Waals surface area contributed by atoms with Crippen LogP contribution >= 0.6 is 0 Å². The average molecular weight is 265 g/mol. The molecule has 1 rings (SSSR count). The van der Waals surface area contributed by atoms with E-state index in [1.165, 1.54) is 0 Å². The van der Waals surface area contributed by atoms with Crippen molar-refractivity contribution in [1.82, 2.24) is 0 Å². The Bertz CT molecular complexity index is 378. The number of nitrogens with two attached hydrogens (primary N) is 1. The Morgan fingerprint density at radius 1 is 1.32 bits per heavy atom. The van der Waals surface area contributed by atoms with Gasteiger partial charge in [-0.05, 0) is 11.5 Å². The van der Waals surface area contributed by atoms with Crippen LogP contribution in [0.3, 0.4) is 0 Å². The SMILES string of the molecule is CC(C)CC([NH2+]CCC(O)c1ccccc1)C(=O)[O-]. The zero-order chi connectivity index (χ0) is 14.3. The lowest BCUT2D eigenvalue weighted by molar-refractivity contribution is -0.685. The van der Waals surface area contributed by atoms with Gasteiger partial charge < -0.3 is 20.3 Å². The fraction of sp³-hybridized carbons (Fsp3) is 0.533. The molecule has 1 aromatic carbocycles. The zero-order valence-electron chi connectivity index (χ0n) is 11.6. The Labute approximate surface area is 114 Å². The number of aliphatic hydroxyl groups is 1. The third kappa shape index (κ3) is 5.85. The molecule has 0 aliphatic carbocycles. The number of carboxylic acids is 1. The van der Waals surface area contributed by atoms with Crippen LogP contribution in [0.15, 0.2) is 30.3 Å². The first-order valence-corrected chi connectivity index (χ1v) is 6.78. The third-order valence-electron chi connectivity index (χ3n) is 3.10. The van der Waals surface area contributed by atoms with Gasteiger partial charge in [0.25, 0.3) is 0 Å². The van der Waals surface area contributed by atoms with Crippen molar-refractivity contribution in [2.75, 3.05) is 6.54 Å². The summed E-state index contributed by atoms with van der Waals surface area (Å²) in [6, 6.07) is 8.87. The van der Waals surface area contributed by atoms with Crippen LogP contribution in [0.5, 0.6) is 0 Å². The van der Waals surface area contributed by atoms with Crippen LogP contribution in [-0.4, -0.2) is 23.7 Å². The molecule has 0 radical (unpaired) electrons. The first-order chi connectivity index (χ1) is 9.00. The maximum Gasteiger partial charge on any atom is 0.126 e. The number of quaternary nitrogens is 1. The Morgan fingerprint density at radius 2 is 1.95 bits per heavy atom. The Hall–Kier alpha value is -1.39. The molecule has 2 unspecified atom stereocenters. The standard InChI is InChI=1S/C15H23NO3/c1-11(2)10-13(15(18)19)16-9-8-14(17)12-6-4-3-5-7-12/h3-7,11,13-14,16-17H,8-10H2,1-2H3,(H,18,19). The van der Waals surface area contributed by atoms with Crippen LogP contribution < -0.4 is 10.4 Å². The van der Waals surface area contributed by atoms with Crippen LogP contribution in [0.2, 0.25) is 0 Å². The van der Waals surface area contributed by atoms with Crippen LogP contribution in [0.25, 0.3) is 0 Å². The number of carboxylic acid groups (broad SMARTS) is 1. The monoisotopic (exact) mass is 265 g/mol. The molecule has 0 heterocycles. The van der Waals surface area contributed by atoms with Gasteiger partial charge >= 0.3 is 0 Å². The first-order valence-electron chi connectivity index (χ1n) is 6.78. The molecule has 0 fully saturated rings. The number of hydrogen-bond acceptors (Lipinski definition) is 3. The molecule has 0 saturated carbocycles. The van der Waals surface area contributed by atoms with E-state index in [1.54, 1.807) is 5.32 Å². The molecule has 2 atom stereocenters. The summed E-state index contributed by atoms with van der Waals surface area (Å²) in [5.41, 5.74) is 0.866. The van der Waals surface area contributed by atoms with Crippen LogP contribution in [-0.2, 0) is 4.79 Å². The van der Waals surface area contributed by atoms with Crippen LogP contribution in [0, 0.1) is 5.92 Å². The number of aliphatic carboxylic acids is 1. The van der Waals surface area contributed by atoms with Gasteiger partial charge in [0.15, 0.2) is 0 Å². The van der Waals surface area contributed by atoms with Crippen molar-refractivity contribution in [3.05, 3.63) is 35.9 Å². The molecule has 0 bridgehead atoms. The van der Waals surface area contributed by atoms with E-state index in [9.17, 15) is 15.0 Å². The molecular formula is C15H23NO3. The van der Waals surface area contributed by atoms with Gasteiger partial charge in [0, 0.05) is 12.8 Å². The minimum absolute atomic E-state index is 0.318. The summed E-state index contributed by atoms with van der Waals surface area (Å²) in [6.45, 7) is 4.55. The molecule has 0 amide bonds. The van der Waals surface area contributed by atoms with Gasteiger partial charge in [-0.1, -0.05) is 44.2 Å². The highest BCUT2D eigenvalue weighted by atomic mass is 16.4.